The number of hydrogen-bond donors (Lipinski definition) is 0. The van der Waals surface area contributed by atoms with E-state index in [2.05, 4.69) is 130 Å². The molecule has 0 aliphatic heterocycles. The van der Waals surface area contributed by atoms with Crippen LogP contribution in [-0.2, 0) is 0 Å². The van der Waals surface area contributed by atoms with Crippen LogP contribution in [0.5, 0.6) is 0 Å². The monoisotopic (exact) mass is 610 g/mol. The number of benzene rings is 7. The van der Waals surface area contributed by atoms with Crippen LogP contribution >= 0.6 is 0 Å². The van der Waals surface area contributed by atoms with E-state index >= 15 is 0 Å². The lowest BCUT2D eigenvalue weighted by Crippen LogP contribution is -2.01. The Hall–Kier alpha value is -6.88. The molecule has 9 rings (SSSR count). The molecule has 2 aromatic heterocycles. The lowest BCUT2D eigenvalue weighted by Gasteiger charge is -2.19. The molecule has 7 aromatic carbocycles. The third-order valence-electron chi connectivity index (χ3n) is 9.40. The molecule has 9 aromatic rings. The molecule has 4 nitrogen and oxygen atoms in total. The summed E-state index contributed by atoms with van der Waals surface area (Å²) in [6.45, 7) is 0. The minimum atomic E-state index is 0.584. The fraction of sp³-hybridized carbons (Fsp3) is 0. The van der Waals surface area contributed by atoms with Gasteiger partial charge in [0.05, 0.1) is 51.0 Å². The first-order valence-electron chi connectivity index (χ1n) is 15.9. The zero-order valence-electron chi connectivity index (χ0n) is 25.8. The van der Waals surface area contributed by atoms with Crippen LogP contribution in [-0.4, -0.2) is 9.13 Å². The maximum atomic E-state index is 10.5. The van der Waals surface area contributed by atoms with Crippen molar-refractivity contribution in [2.75, 3.05) is 0 Å². The normalized spacial score (nSPS) is 11.3. The molecule has 0 N–H and O–H groups in total. The molecule has 0 fully saturated rings. The first kappa shape index (κ1) is 27.4. The zero-order chi connectivity index (χ0) is 32.2. The van der Waals surface area contributed by atoms with Gasteiger partial charge in [0.2, 0.25) is 0 Å². The Bertz CT molecular complexity index is 2760. The van der Waals surface area contributed by atoms with Gasteiger partial charge < -0.3 is 9.13 Å². The number of hydrogen-bond acceptors (Lipinski definition) is 2. The van der Waals surface area contributed by atoms with Crippen LogP contribution in [0.3, 0.4) is 0 Å². The van der Waals surface area contributed by atoms with Crippen LogP contribution in [0.2, 0.25) is 0 Å². The SMILES string of the molecule is N#Cc1ccc2c3ccccc3n(-c3cccc(C#N)c3-c3ccccc3-c3cccc(-n4c5ccccc5c5ccccc54)c3)c2c1. The van der Waals surface area contributed by atoms with E-state index in [1.165, 1.54) is 10.8 Å². The number of para-hydroxylation sites is 3. The van der Waals surface area contributed by atoms with Gasteiger partial charge in [-0.05, 0) is 71.3 Å². The molecular formula is C44H26N4. The standard InChI is InChI=1S/C44H26N4/c45-27-29-23-24-37-36-17-5-8-21-41(36)48(43(37)25-29)42-22-10-12-31(28-46)44(42)38-18-2-1-14-33(38)30-11-9-13-32(26-30)47-39-19-6-3-15-34(39)35-16-4-7-20-40(35)47/h1-26H. The molecule has 0 unspecified atom stereocenters. The second-order valence-electron chi connectivity index (χ2n) is 12.0. The highest BCUT2D eigenvalue weighted by atomic mass is 15.0. The van der Waals surface area contributed by atoms with Crippen LogP contribution in [0.1, 0.15) is 11.1 Å². The molecule has 0 saturated heterocycles. The molecule has 0 amide bonds. The number of fused-ring (bicyclic) bond motifs is 6. The van der Waals surface area contributed by atoms with Crippen molar-refractivity contribution in [3.05, 3.63) is 169 Å². The Kier molecular flexibility index (Phi) is 6.22. The zero-order valence-corrected chi connectivity index (χ0v) is 25.8. The van der Waals surface area contributed by atoms with Gasteiger partial charge in [-0.3, -0.25) is 0 Å². The Morgan fingerprint density at radius 2 is 1.00 bits per heavy atom. The molecule has 0 aliphatic rings. The first-order chi connectivity index (χ1) is 23.7. The average Bonchev–Trinajstić information content (AvgIpc) is 3.67. The third kappa shape index (κ3) is 4.07. The predicted octanol–water partition coefficient (Wildman–Crippen LogP) is 11.0. The van der Waals surface area contributed by atoms with E-state index in [4.69, 9.17) is 0 Å². The highest BCUT2D eigenvalue weighted by Gasteiger charge is 2.21. The number of nitrogens with zero attached hydrogens (tertiary/aromatic N) is 4. The van der Waals surface area contributed by atoms with E-state index < -0.39 is 0 Å². The molecule has 0 radical (unpaired) electrons. The van der Waals surface area contributed by atoms with Gasteiger partial charge in [-0.1, -0.05) is 103 Å². The van der Waals surface area contributed by atoms with Gasteiger partial charge in [0, 0.05) is 32.8 Å². The minimum absolute atomic E-state index is 0.584. The summed E-state index contributed by atoms with van der Waals surface area (Å²) in [6.07, 6.45) is 0. The van der Waals surface area contributed by atoms with E-state index in [0.717, 1.165) is 66.5 Å². The van der Waals surface area contributed by atoms with E-state index in [0.29, 0.717) is 11.1 Å². The van der Waals surface area contributed by atoms with Crippen molar-refractivity contribution in [3.8, 4) is 45.8 Å². The topological polar surface area (TPSA) is 57.4 Å². The van der Waals surface area contributed by atoms with E-state index in [1.54, 1.807) is 0 Å². The number of rotatable bonds is 4. The van der Waals surface area contributed by atoms with E-state index in [9.17, 15) is 10.5 Å². The van der Waals surface area contributed by atoms with Crippen LogP contribution < -0.4 is 0 Å². The molecule has 0 saturated carbocycles. The third-order valence-corrected chi connectivity index (χ3v) is 9.40. The Balaban J connectivity index is 1.31. The fourth-order valence-electron chi connectivity index (χ4n) is 7.37. The van der Waals surface area contributed by atoms with Crippen molar-refractivity contribution in [3.63, 3.8) is 0 Å². The maximum absolute atomic E-state index is 10.5. The van der Waals surface area contributed by atoms with Gasteiger partial charge in [0.15, 0.2) is 0 Å². The summed E-state index contributed by atoms with van der Waals surface area (Å²) in [6, 6.07) is 58.9. The van der Waals surface area contributed by atoms with Crippen LogP contribution in [0.15, 0.2) is 158 Å². The number of aromatic nitrogens is 2. The van der Waals surface area contributed by atoms with Gasteiger partial charge in [-0.25, -0.2) is 0 Å². The summed E-state index contributed by atoms with van der Waals surface area (Å²) in [5.41, 5.74) is 11.3. The first-order valence-corrected chi connectivity index (χ1v) is 15.9. The highest BCUT2D eigenvalue weighted by molar-refractivity contribution is 6.11. The van der Waals surface area contributed by atoms with Gasteiger partial charge in [0.25, 0.3) is 0 Å². The quantitative estimate of drug-likeness (QED) is 0.199. The van der Waals surface area contributed by atoms with Crippen molar-refractivity contribution < 1.29 is 0 Å². The Morgan fingerprint density at radius 3 is 1.67 bits per heavy atom. The smallest absolute Gasteiger partial charge is 0.0998 e. The van der Waals surface area contributed by atoms with E-state index in [1.807, 2.05) is 48.5 Å². The molecule has 0 spiro atoms. The van der Waals surface area contributed by atoms with E-state index in [-0.39, 0.29) is 0 Å². The lowest BCUT2D eigenvalue weighted by atomic mass is 9.90. The Morgan fingerprint density at radius 1 is 0.417 bits per heavy atom. The largest absolute Gasteiger partial charge is 0.309 e. The minimum Gasteiger partial charge on any atom is -0.309 e. The van der Waals surface area contributed by atoms with Crippen LogP contribution in [0, 0.1) is 22.7 Å². The molecule has 0 atom stereocenters. The second-order valence-corrected chi connectivity index (χ2v) is 12.0. The summed E-state index contributed by atoms with van der Waals surface area (Å²) >= 11 is 0. The molecule has 4 heteroatoms. The predicted molar refractivity (Wildman–Crippen MR) is 195 cm³/mol. The summed E-state index contributed by atoms with van der Waals surface area (Å²) in [5.74, 6) is 0. The van der Waals surface area contributed by atoms with Crippen molar-refractivity contribution in [2.24, 2.45) is 0 Å². The van der Waals surface area contributed by atoms with Crippen LogP contribution in [0.25, 0.3) is 77.2 Å². The summed E-state index contributed by atoms with van der Waals surface area (Å²) in [7, 11) is 0. The molecular weight excluding hydrogens is 585 g/mol. The van der Waals surface area contributed by atoms with Crippen molar-refractivity contribution in [1.82, 2.24) is 9.13 Å². The van der Waals surface area contributed by atoms with Crippen LogP contribution in [0.4, 0.5) is 0 Å². The molecule has 48 heavy (non-hydrogen) atoms. The number of nitriles is 2. The van der Waals surface area contributed by atoms with Gasteiger partial charge in [-0.2, -0.15) is 10.5 Å². The summed E-state index contributed by atoms with van der Waals surface area (Å²) < 4.78 is 4.53. The van der Waals surface area contributed by atoms with Crippen molar-refractivity contribution in [2.45, 2.75) is 0 Å². The fourth-order valence-corrected chi connectivity index (χ4v) is 7.37. The molecule has 222 valence electrons. The molecule has 2 heterocycles. The summed E-state index contributed by atoms with van der Waals surface area (Å²) in [4.78, 5) is 0. The van der Waals surface area contributed by atoms with Crippen molar-refractivity contribution >= 4 is 43.6 Å². The average molecular weight is 611 g/mol. The molecule has 0 bridgehead atoms. The maximum Gasteiger partial charge on any atom is 0.0998 e. The highest BCUT2D eigenvalue weighted by Crippen LogP contribution is 2.42. The Labute approximate surface area is 277 Å². The van der Waals surface area contributed by atoms with Gasteiger partial charge in [0.1, 0.15) is 0 Å². The van der Waals surface area contributed by atoms with Crippen molar-refractivity contribution in [1.29, 1.82) is 10.5 Å². The second kappa shape index (κ2) is 10.9. The van der Waals surface area contributed by atoms with Gasteiger partial charge >= 0.3 is 0 Å². The molecule has 0 aliphatic carbocycles. The van der Waals surface area contributed by atoms with Gasteiger partial charge in [-0.15, -0.1) is 0 Å². The lowest BCUT2D eigenvalue weighted by molar-refractivity contribution is 1.18. The summed E-state index contributed by atoms with van der Waals surface area (Å²) in [5, 5.41) is 24.9.